The fourth-order valence-corrected chi connectivity index (χ4v) is 4.37. The van der Waals surface area contributed by atoms with Crippen LogP contribution in [0.1, 0.15) is 75.3 Å². The Bertz CT molecular complexity index is 793. The molecule has 3 rings (SSSR count). The van der Waals surface area contributed by atoms with Gasteiger partial charge >= 0.3 is 5.97 Å². The summed E-state index contributed by atoms with van der Waals surface area (Å²) < 4.78 is 5.49. The van der Waals surface area contributed by atoms with E-state index in [2.05, 4.69) is 19.1 Å². The molecule has 0 bridgehead atoms. The molecular formula is C25H34N2O2. The Morgan fingerprint density at radius 1 is 1.00 bits per heavy atom. The average molecular weight is 395 g/mol. The molecule has 4 nitrogen and oxygen atoms in total. The van der Waals surface area contributed by atoms with Gasteiger partial charge < -0.3 is 16.2 Å². The molecule has 2 aromatic rings. The standard InChI is InChI=1S/C25H34N2O2/c1-2-3-4-5-18-6-8-19(9-7-18)20-11-14-23(15-12-20)29-25(28)16-21-10-13-22(26)17-24(21)27/h10-15,17-19H,2-9,16,26-27H2,1H3. The van der Waals surface area contributed by atoms with Crippen LogP contribution in [0.3, 0.4) is 0 Å². The zero-order valence-corrected chi connectivity index (χ0v) is 17.5. The van der Waals surface area contributed by atoms with Gasteiger partial charge in [-0.05, 0) is 72.9 Å². The molecular weight excluding hydrogens is 360 g/mol. The Morgan fingerprint density at radius 2 is 1.72 bits per heavy atom. The first kappa shape index (κ1) is 21.2. The van der Waals surface area contributed by atoms with Crippen molar-refractivity contribution in [1.82, 2.24) is 0 Å². The Hall–Kier alpha value is -2.49. The van der Waals surface area contributed by atoms with E-state index in [1.165, 1.54) is 56.9 Å². The lowest BCUT2D eigenvalue weighted by molar-refractivity contribution is -0.133. The molecule has 0 radical (unpaired) electrons. The maximum absolute atomic E-state index is 12.2. The first-order valence-electron chi connectivity index (χ1n) is 11.0. The van der Waals surface area contributed by atoms with Crippen LogP contribution in [0.25, 0.3) is 0 Å². The van der Waals surface area contributed by atoms with Gasteiger partial charge in [-0.25, -0.2) is 0 Å². The highest BCUT2D eigenvalue weighted by Crippen LogP contribution is 2.38. The summed E-state index contributed by atoms with van der Waals surface area (Å²) in [5.41, 5.74) is 14.8. The molecule has 0 atom stereocenters. The van der Waals surface area contributed by atoms with E-state index < -0.39 is 0 Å². The van der Waals surface area contributed by atoms with E-state index in [0.717, 1.165) is 11.5 Å². The molecule has 1 fully saturated rings. The van der Waals surface area contributed by atoms with Gasteiger partial charge in [0, 0.05) is 11.4 Å². The molecule has 2 aromatic carbocycles. The van der Waals surface area contributed by atoms with Crippen molar-refractivity contribution >= 4 is 17.3 Å². The summed E-state index contributed by atoms with van der Waals surface area (Å²) in [5, 5.41) is 0. The summed E-state index contributed by atoms with van der Waals surface area (Å²) in [4.78, 5) is 12.2. The van der Waals surface area contributed by atoms with Gasteiger partial charge in [-0.3, -0.25) is 4.79 Å². The number of anilines is 2. The summed E-state index contributed by atoms with van der Waals surface area (Å²) >= 11 is 0. The molecule has 1 aliphatic carbocycles. The van der Waals surface area contributed by atoms with Crippen LogP contribution in [-0.4, -0.2) is 5.97 Å². The van der Waals surface area contributed by atoms with E-state index >= 15 is 0 Å². The van der Waals surface area contributed by atoms with Crippen LogP contribution in [0.4, 0.5) is 11.4 Å². The van der Waals surface area contributed by atoms with E-state index in [9.17, 15) is 4.79 Å². The van der Waals surface area contributed by atoms with Crippen molar-refractivity contribution in [3.05, 3.63) is 53.6 Å². The van der Waals surface area contributed by atoms with Gasteiger partial charge in [0.05, 0.1) is 6.42 Å². The number of ether oxygens (including phenoxy) is 1. The van der Waals surface area contributed by atoms with Crippen molar-refractivity contribution in [2.24, 2.45) is 5.92 Å². The van der Waals surface area contributed by atoms with Gasteiger partial charge in [-0.2, -0.15) is 0 Å². The van der Waals surface area contributed by atoms with E-state index in [-0.39, 0.29) is 12.4 Å². The van der Waals surface area contributed by atoms with Gasteiger partial charge in [0.1, 0.15) is 5.75 Å². The summed E-state index contributed by atoms with van der Waals surface area (Å²) in [6.45, 7) is 2.27. The van der Waals surface area contributed by atoms with Crippen LogP contribution in [0.15, 0.2) is 42.5 Å². The molecule has 0 amide bonds. The van der Waals surface area contributed by atoms with E-state index in [1.807, 2.05) is 12.1 Å². The van der Waals surface area contributed by atoms with Crippen molar-refractivity contribution < 1.29 is 9.53 Å². The van der Waals surface area contributed by atoms with Gasteiger partial charge in [0.15, 0.2) is 0 Å². The maximum atomic E-state index is 12.2. The topological polar surface area (TPSA) is 78.3 Å². The monoisotopic (exact) mass is 394 g/mol. The highest BCUT2D eigenvalue weighted by Gasteiger charge is 2.22. The van der Waals surface area contributed by atoms with Crippen LogP contribution < -0.4 is 16.2 Å². The van der Waals surface area contributed by atoms with Crippen molar-refractivity contribution in [1.29, 1.82) is 0 Å². The van der Waals surface area contributed by atoms with E-state index in [1.54, 1.807) is 18.2 Å². The lowest BCUT2D eigenvalue weighted by Gasteiger charge is -2.29. The van der Waals surface area contributed by atoms with Gasteiger partial charge in [0.2, 0.25) is 0 Å². The fourth-order valence-electron chi connectivity index (χ4n) is 4.37. The second-order valence-electron chi connectivity index (χ2n) is 8.39. The molecule has 1 saturated carbocycles. The fraction of sp³-hybridized carbons (Fsp3) is 0.480. The second kappa shape index (κ2) is 10.3. The van der Waals surface area contributed by atoms with Crippen molar-refractivity contribution in [2.45, 2.75) is 70.6 Å². The zero-order chi connectivity index (χ0) is 20.6. The van der Waals surface area contributed by atoms with Crippen LogP contribution in [-0.2, 0) is 11.2 Å². The number of hydrogen-bond donors (Lipinski definition) is 2. The molecule has 0 heterocycles. The minimum Gasteiger partial charge on any atom is -0.426 e. The first-order valence-corrected chi connectivity index (χ1v) is 11.0. The number of carbonyl (C=O) groups excluding carboxylic acids is 1. The molecule has 156 valence electrons. The Labute approximate surface area is 174 Å². The molecule has 0 spiro atoms. The number of nitrogens with two attached hydrogens (primary N) is 2. The molecule has 29 heavy (non-hydrogen) atoms. The molecule has 0 aliphatic heterocycles. The number of esters is 1. The van der Waals surface area contributed by atoms with Crippen LogP contribution in [0.2, 0.25) is 0 Å². The maximum Gasteiger partial charge on any atom is 0.315 e. The zero-order valence-electron chi connectivity index (χ0n) is 17.5. The second-order valence-corrected chi connectivity index (χ2v) is 8.39. The number of nitrogen functional groups attached to an aromatic ring is 2. The molecule has 4 heteroatoms. The SMILES string of the molecule is CCCCCC1CCC(c2ccc(OC(=O)Cc3ccc(N)cc3N)cc2)CC1. The Kier molecular flexibility index (Phi) is 7.56. The quantitative estimate of drug-likeness (QED) is 0.255. The normalized spacial score (nSPS) is 19.1. The van der Waals surface area contributed by atoms with Gasteiger partial charge in [-0.15, -0.1) is 0 Å². The summed E-state index contributed by atoms with van der Waals surface area (Å²) in [5.74, 6) is 1.82. The minimum atomic E-state index is -0.318. The number of benzene rings is 2. The number of hydrogen-bond acceptors (Lipinski definition) is 4. The Morgan fingerprint density at radius 3 is 2.38 bits per heavy atom. The third-order valence-electron chi connectivity index (χ3n) is 6.15. The van der Waals surface area contributed by atoms with E-state index in [0.29, 0.717) is 23.0 Å². The first-order chi connectivity index (χ1) is 14.0. The van der Waals surface area contributed by atoms with Crippen molar-refractivity contribution in [2.75, 3.05) is 11.5 Å². The third kappa shape index (κ3) is 6.25. The smallest absolute Gasteiger partial charge is 0.315 e. The average Bonchev–Trinajstić information content (AvgIpc) is 2.71. The molecule has 1 aliphatic rings. The predicted molar refractivity (Wildman–Crippen MR) is 120 cm³/mol. The van der Waals surface area contributed by atoms with Crippen LogP contribution in [0, 0.1) is 5.92 Å². The van der Waals surface area contributed by atoms with Crippen molar-refractivity contribution in [3.63, 3.8) is 0 Å². The summed E-state index contributed by atoms with van der Waals surface area (Å²) in [6, 6.07) is 13.2. The van der Waals surface area contributed by atoms with Crippen LogP contribution in [0.5, 0.6) is 5.75 Å². The minimum absolute atomic E-state index is 0.135. The lowest BCUT2D eigenvalue weighted by atomic mass is 9.77. The molecule has 0 unspecified atom stereocenters. The summed E-state index contributed by atoms with van der Waals surface area (Å²) in [6.07, 6.45) is 10.8. The van der Waals surface area contributed by atoms with Gasteiger partial charge in [-0.1, -0.05) is 50.8 Å². The number of rotatable bonds is 8. The molecule has 0 aromatic heterocycles. The summed E-state index contributed by atoms with van der Waals surface area (Å²) in [7, 11) is 0. The number of unbranched alkanes of at least 4 members (excludes halogenated alkanes) is 2. The van der Waals surface area contributed by atoms with E-state index in [4.69, 9.17) is 16.2 Å². The van der Waals surface area contributed by atoms with Crippen molar-refractivity contribution in [3.8, 4) is 5.75 Å². The third-order valence-corrected chi connectivity index (χ3v) is 6.15. The lowest BCUT2D eigenvalue weighted by Crippen LogP contribution is -2.14. The van der Waals surface area contributed by atoms with Crippen LogP contribution >= 0.6 is 0 Å². The number of carbonyl (C=O) groups is 1. The van der Waals surface area contributed by atoms with Gasteiger partial charge in [0.25, 0.3) is 0 Å². The molecule has 4 N–H and O–H groups in total. The predicted octanol–water partition coefficient (Wildman–Crippen LogP) is 5.85. The molecule has 0 saturated heterocycles. The highest BCUT2D eigenvalue weighted by atomic mass is 16.5. The Balaban J connectivity index is 1.48. The highest BCUT2D eigenvalue weighted by molar-refractivity contribution is 5.77. The largest absolute Gasteiger partial charge is 0.426 e.